The average molecular weight is 289 g/mol. The first-order valence-electron chi connectivity index (χ1n) is 5.72. The van der Waals surface area contributed by atoms with E-state index < -0.39 is 0 Å². The fourth-order valence-electron chi connectivity index (χ4n) is 1.48. The summed E-state index contributed by atoms with van der Waals surface area (Å²) < 4.78 is 5.44. The minimum atomic E-state index is 0.390. The van der Waals surface area contributed by atoms with Crippen LogP contribution in [-0.4, -0.2) is 37.2 Å². The molecule has 0 amide bonds. The Hall–Kier alpha value is -1.20. The molecule has 0 bridgehead atoms. The van der Waals surface area contributed by atoms with Gasteiger partial charge in [0.1, 0.15) is 11.6 Å². The Bertz CT molecular complexity index is 439. The van der Waals surface area contributed by atoms with Crippen LogP contribution in [0.15, 0.2) is 17.3 Å². The summed E-state index contributed by atoms with van der Waals surface area (Å²) in [7, 11) is 0. The second-order valence-corrected chi connectivity index (χ2v) is 4.57. The van der Waals surface area contributed by atoms with E-state index in [9.17, 15) is 0 Å². The van der Waals surface area contributed by atoms with Gasteiger partial charge >= 0.3 is 0 Å². The van der Waals surface area contributed by atoms with Crippen LogP contribution in [0.5, 0.6) is 5.88 Å². The third kappa shape index (κ3) is 3.92. The number of nitrogens with one attached hydrogen (secondary N) is 2. The molecule has 0 radical (unpaired) electrons. The molecule has 7 heteroatoms. The van der Waals surface area contributed by atoms with E-state index in [0.717, 1.165) is 25.5 Å². The molecule has 1 aliphatic rings. The number of guanidine groups is 1. The highest BCUT2D eigenvalue weighted by Crippen LogP contribution is 2.24. The molecule has 1 aromatic heterocycles. The first-order valence-corrected chi connectivity index (χ1v) is 6.47. The van der Waals surface area contributed by atoms with Crippen LogP contribution in [0.2, 0.25) is 10.0 Å². The molecule has 1 aliphatic heterocycles. The Morgan fingerprint density at radius 3 is 3.06 bits per heavy atom. The number of aromatic nitrogens is 1. The maximum atomic E-state index is 5.93. The number of pyridine rings is 1. The van der Waals surface area contributed by atoms with Crippen molar-refractivity contribution in [1.29, 1.82) is 0 Å². The van der Waals surface area contributed by atoms with Gasteiger partial charge in [-0.3, -0.25) is 4.99 Å². The highest BCUT2D eigenvalue weighted by molar-refractivity contribution is 6.35. The monoisotopic (exact) mass is 288 g/mol. The third-order valence-corrected chi connectivity index (χ3v) is 2.78. The summed E-state index contributed by atoms with van der Waals surface area (Å²) in [6, 6.07) is 1.60. The van der Waals surface area contributed by atoms with E-state index in [0.29, 0.717) is 29.1 Å². The van der Waals surface area contributed by atoms with E-state index in [2.05, 4.69) is 20.6 Å². The molecule has 0 atom stereocenters. The number of hydrogen-bond donors (Lipinski definition) is 2. The van der Waals surface area contributed by atoms with Gasteiger partial charge in [-0.25, -0.2) is 4.98 Å². The van der Waals surface area contributed by atoms with E-state index in [1.54, 1.807) is 6.07 Å². The van der Waals surface area contributed by atoms with Crippen LogP contribution in [0.4, 0.5) is 0 Å². The molecular weight excluding hydrogens is 275 g/mol. The molecule has 2 N–H and O–H groups in total. The summed E-state index contributed by atoms with van der Waals surface area (Å²) in [4.78, 5) is 8.29. The highest BCUT2D eigenvalue weighted by atomic mass is 35.5. The molecule has 1 aromatic rings. The first kappa shape index (κ1) is 13.2. The summed E-state index contributed by atoms with van der Waals surface area (Å²) >= 11 is 11.7. The summed E-state index contributed by atoms with van der Waals surface area (Å²) in [5, 5.41) is 7.20. The van der Waals surface area contributed by atoms with Crippen LogP contribution in [0.1, 0.15) is 6.42 Å². The van der Waals surface area contributed by atoms with Crippen LogP contribution in [0.25, 0.3) is 0 Å². The lowest BCUT2D eigenvalue weighted by molar-refractivity contribution is 0.310. The Labute approximate surface area is 116 Å². The van der Waals surface area contributed by atoms with Crippen LogP contribution in [0, 0.1) is 0 Å². The van der Waals surface area contributed by atoms with E-state index in [1.807, 2.05) is 0 Å². The van der Waals surface area contributed by atoms with Gasteiger partial charge < -0.3 is 15.4 Å². The minimum Gasteiger partial charge on any atom is -0.475 e. The molecule has 98 valence electrons. The van der Waals surface area contributed by atoms with Crippen LogP contribution < -0.4 is 15.4 Å². The Morgan fingerprint density at radius 2 is 2.33 bits per heavy atom. The van der Waals surface area contributed by atoms with Crippen LogP contribution in [0.3, 0.4) is 0 Å². The van der Waals surface area contributed by atoms with Gasteiger partial charge in [0.05, 0.1) is 11.6 Å². The maximum absolute atomic E-state index is 5.93. The zero-order chi connectivity index (χ0) is 12.8. The molecule has 0 aromatic carbocycles. The van der Waals surface area contributed by atoms with Crippen molar-refractivity contribution in [3.63, 3.8) is 0 Å². The van der Waals surface area contributed by atoms with Gasteiger partial charge in [-0.1, -0.05) is 23.2 Å². The molecule has 5 nitrogen and oxygen atoms in total. The Balaban J connectivity index is 1.73. The fraction of sp³-hybridized carbons (Fsp3) is 0.455. The number of nitrogens with zero attached hydrogens (tertiary/aromatic N) is 2. The molecule has 0 fully saturated rings. The normalized spacial score (nSPS) is 14.7. The van der Waals surface area contributed by atoms with Crippen LogP contribution in [-0.2, 0) is 0 Å². The summed E-state index contributed by atoms with van der Waals surface area (Å²) in [6.07, 6.45) is 2.58. The van der Waals surface area contributed by atoms with E-state index in [4.69, 9.17) is 27.9 Å². The second-order valence-electron chi connectivity index (χ2n) is 3.73. The lowest BCUT2D eigenvalue weighted by atomic mass is 10.4. The van der Waals surface area contributed by atoms with Crippen molar-refractivity contribution in [3.05, 3.63) is 22.3 Å². The van der Waals surface area contributed by atoms with Crippen LogP contribution >= 0.6 is 23.2 Å². The van der Waals surface area contributed by atoms with Gasteiger partial charge in [-0.2, -0.15) is 0 Å². The first-order chi connectivity index (χ1) is 8.75. The number of ether oxygens (including phenoxy) is 1. The molecule has 2 heterocycles. The van der Waals surface area contributed by atoms with Crippen molar-refractivity contribution in [2.24, 2.45) is 4.99 Å². The standard InChI is InChI=1S/C11H14Cl2N4O/c12-8-6-9(13)10(17-7-8)18-5-4-16-11-14-2-1-3-15-11/h6-7H,1-5H2,(H2,14,15,16). The van der Waals surface area contributed by atoms with E-state index in [-0.39, 0.29) is 0 Å². The van der Waals surface area contributed by atoms with Gasteiger partial charge in [0, 0.05) is 19.3 Å². The molecule has 0 saturated carbocycles. The molecule has 18 heavy (non-hydrogen) atoms. The van der Waals surface area contributed by atoms with Crippen molar-refractivity contribution in [3.8, 4) is 5.88 Å². The van der Waals surface area contributed by atoms with Crippen molar-refractivity contribution in [1.82, 2.24) is 15.6 Å². The summed E-state index contributed by atoms with van der Waals surface area (Å²) in [6.45, 7) is 2.90. The summed E-state index contributed by atoms with van der Waals surface area (Å²) in [5.41, 5.74) is 0. The molecule has 2 rings (SSSR count). The smallest absolute Gasteiger partial charge is 0.232 e. The average Bonchev–Trinajstić information content (AvgIpc) is 2.38. The zero-order valence-electron chi connectivity index (χ0n) is 9.75. The van der Waals surface area contributed by atoms with Gasteiger partial charge in [0.25, 0.3) is 0 Å². The largest absolute Gasteiger partial charge is 0.475 e. The predicted octanol–water partition coefficient (Wildman–Crippen LogP) is 1.71. The number of aliphatic imine (C=N–C) groups is 1. The van der Waals surface area contributed by atoms with Crippen molar-refractivity contribution < 1.29 is 4.74 Å². The zero-order valence-corrected chi connectivity index (χ0v) is 11.3. The van der Waals surface area contributed by atoms with Crippen molar-refractivity contribution in [2.75, 3.05) is 26.2 Å². The lowest BCUT2D eigenvalue weighted by Gasteiger charge is -2.16. The fourth-order valence-corrected chi connectivity index (χ4v) is 1.91. The SMILES string of the molecule is Clc1cnc(OCCNC2=NCCCN2)c(Cl)c1. The van der Waals surface area contributed by atoms with E-state index in [1.165, 1.54) is 6.20 Å². The highest BCUT2D eigenvalue weighted by Gasteiger charge is 2.05. The minimum absolute atomic E-state index is 0.390. The molecule has 0 spiro atoms. The number of rotatable bonds is 4. The molecule has 0 aliphatic carbocycles. The van der Waals surface area contributed by atoms with Crippen molar-refractivity contribution >= 4 is 29.2 Å². The van der Waals surface area contributed by atoms with E-state index >= 15 is 0 Å². The van der Waals surface area contributed by atoms with Gasteiger partial charge in [-0.05, 0) is 12.5 Å². The predicted molar refractivity (Wildman–Crippen MR) is 72.7 cm³/mol. The summed E-state index contributed by atoms with van der Waals surface area (Å²) in [5.74, 6) is 1.21. The maximum Gasteiger partial charge on any atom is 0.232 e. The van der Waals surface area contributed by atoms with Gasteiger partial charge in [0.2, 0.25) is 5.88 Å². The Morgan fingerprint density at radius 1 is 1.44 bits per heavy atom. The Kier molecular flexibility index (Phi) is 4.90. The second kappa shape index (κ2) is 6.66. The van der Waals surface area contributed by atoms with Gasteiger partial charge in [-0.15, -0.1) is 0 Å². The quantitative estimate of drug-likeness (QED) is 0.828. The molecule has 0 saturated heterocycles. The molecule has 0 unspecified atom stereocenters. The third-order valence-electron chi connectivity index (χ3n) is 2.30. The number of halogens is 2. The lowest BCUT2D eigenvalue weighted by Crippen LogP contribution is -2.42. The number of hydrogen-bond acceptors (Lipinski definition) is 5. The topological polar surface area (TPSA) is 58.5 Å². The molecular formula is C11H14Cl2N4O. The van der Waals surface area contributed by atoms with Gasteiger partial charge in [0.15, 0.2) is 5.96 Å². The van der Waals surface area contributed by atoms with Crippen molar-refractivity contribution in [2.45, 2.75) is 6.42 Å².